The fourth-order valence-electron chi connectivity index (χ4n) is 7.50. The van der Waals surface area contributed by atoms with Crippen LogP contribution >= 0.6 is 0 Å². The molecule has 0 bridgehead atoms. The highest BCUT2D eigenvalue weighted by Gasteiger charge is 2.64. The third-order valence-corrected chi connectivity index (χ3v) is 9.32. The van der Waals surface area contributed by atoms with E-state index in [1.165, 1.54) is 0 Å². The number of hydrogen-bond acceptors (Lipinski definition) is 6. The lowest BCUT2D eigenvalue weighted by atomic mass is 9.62. The normalized spacial score (nSPS) is 18.3. The molecule has 1 unspecified atom stereocenters. The van der Waals surface area contributed by atoms with Crippen LogP contribution < -0.4 is 5.32 Å². The lowest BCUT2D eigenvalue weighted by molar-refractivity contribution is 0.0789. The Labute approximate surface area is 258 Å². The fourth-order valence-corrected chi connectivity index (χ4v) is 7.50. The Bertz CT molecular complexity index is 2290. The van der Waals surface area contributed by atoms with Gasteiger partial charge in [0.1, 0.15) is 5.92 Å². The first-order valence-electron chi connectivity index (χ1n) is 14.8. The summed E-state index contributed by atoms with van der Waals surface area (Å²) in [6.45, 7) is 0. The van der Waals surface area contributed by atoms with Gasteiger partial charge in [-0.3, -0.25) is 14.4 Å². The van der Waals surface area contributed by atoms with E-state index in [1.54, 1.807) is 30.3 Å². The summed E-state index contributed by atoms with van der Waals surface area (Å²) < 4.78 is 0. The Balaban J connectivity index is 1.46. The number of carbonyl (C=O) groups excluding carboxylic acids is 3. The highest BCUT2D eigenvalue weighted by molar-refractivity contribution is 6.31. The number of nitrogens with zero attached hydrogens (tertiary/aromatic N) is 2. The molecule has 0 aliphatic heterocycles. The molecule has 3 aliphatic carbocycles. The van der Waals surface area contributed by atoms with Gasteiger partial charge < -0.3 is 5.32 Å². The average molecular weight is 582 g/mol. The van der Waals surface area contributed by atoms with Crippen molar-refractivity contribution in [3.05, 3.63) is 166 Å². The first kappa shape index (κ1) is 25.5. The Morgan fingerprint density at radius 2 is 1.07 bits per heavy atom. The van der Waals surface area contributed by atoms with Crippen LogP contribution in [0, 0.1) is 5.92 Å². The van der Waals surface area contributed by atoms with E-state index in [0.717, 1.165) is 11.3 Å². The molecule has 0 radical (unpaired) electrons. The largest absolute Gasteiger partial charge is 0.355 e. The van der Waals surface area contributed by atoms with Gasteiger partial charge in [-0.1, -0.05) is 103 Å². The van der Waals surface area contributed by atoms with Crippen molar-refractivity contribution in [3.8, 4) is 11.3 Å². The van der Waals surface area contributed by atoms with E-state index in [2.05, 4.69) is 5.32 Å². The molecule has 1 heterocycles. The topological polar surface area (TPSA) is 89.0 Å². The van der Waals surface area contributed by atoms with Crippen molar-refractivity contribution < 1.29 is 14.4 Å². The van der Waals surface area contributed by atoms with E-state index in [4.69, 9.17) is 9.97 Å². The maximum atomic E-state index is 14.9. The zero-order chi connectivity index (χ0) is 30.3. The lowest BCUT2D eigenvalue weighted by Crippen LogP contribution is -2.45. The van der Waals surface area contributed by atoms with Gasteiger partial charge >= 0.3 is 0 Å². The second-order valence-corrected chi connectivity index (χ2v) is 11.6. The number of Topliss-reactive ketones (excluding diaryl/α,β-unsaturated/α-hetero) is 3. The average Bonchev–Trinajstić information content (AvgIpc) is 3.63. The molecule has 6 nitrogen and oxygen atoms in total. The number of anilines is 1. The summed E-state index contributed by atoms with van der Waals surface area (Å²) >= 11 is 0. The maximum Gasteiger partial charge on any atom is 0.193 e. The Morgan fingerprint density at radius 3 is 1.76 bits per heavy atom. The molecule has 3 aliphatic rings. The van der Waals surface area contributed by atoms with Gasteiger partial charge in [0.15, 0.2) is 17.3 Å². The fraction of sp³-hybridized carbons (Fsp3) is 0.0513. The van der Waals surface area contributed by atoms with E-state index in [1.807, 2.05) is 97.1 Å². The smallest absolute Gasteiger partial charge is 0.193 e. The highest BCUT2D eigenvalue weighted by atomic mass is 16.2. The van der Waals surface area contributed by atoms with E-state index in [-0.39, 0.29) is 17.3 Å². The number of aromatic nitrogens is 2. The summed E-state index contributed by atoms with van der Waals surface area (Å²) in [6, 6.07) is 39.1. The van der Waals surface area contributed by atoms with Gasteiger partial charge in [-0.05, 0) is 29.8 Å². The van der Waals surface area contributed by atoms with Gasteiger partial charge in [-0.2, -0.15) is 0 Å². The molecule has 0 amide bonds. The number of nitrogens with one attached hydrogen (secondary N) is 1. The number of benzene rings is 5. The minimum Gasteiger partial charge on any atom is -0.355 e. The molecular weight excluding hydrogens is 558 g/mol. The molecule has 6 heteroatoms. The van der Waals surface area contributed by atoms with E-state index in [9.17, 15) is 14.4 Å². The van der Waals surface area contributed by atoms with Crippen LogP contribution in [-0.2, 0) is 5.41 Å². The molecule has 1 aromatic heterocycles. The summed E-state index contributed by atoms with van der Waals surface area (Å²) in [5.41, 5.74) is 5.71. The second kappa shape index (κ2) is 9.24. The van der Waals surface area contributed by atoms with Crippen molar-refractivity contribution in [3.63, 3.8) is 0 Å². The third kappa shape index (κ3) is 3.31. The number of allylic oxidation sites excluding steroid dienone is 1. The number of carbonyl (C=O) groups is 3. The van der Waals surface area contributed by atoms with Crippen LogP contribution in [0.5, 0.6) is 0 Å². The van der Waals surface area contributed by atoms with Crippen LogP contribution in [0.4, 0.5) is 5.69 Å². The highest BCUT2D eigenvalue weighted by Crippen LogP contribution is 2.61. The first-order chi connectivity index (χ1) is 22.1. The Morgan fingerprint density at radius 1 is 0.533 bits per heavy atom. The Kier molecular flexibility index (Phi) is 5.23. The molecule has 1 N–H and O–H groups in total. The van der Waals surface area contributed by atoms with Gasteiger partial charge in [-0.25, -0.2) is 9.97 Å². The van der Waals surface area contributed by atoms with E-state index >= 15 is 0 Å². The maximum absolute atomic E-state index is 14.9. The molecule has 0 saturated heterocycles. The summed E-state index contributed by atoms with van der Waals surface area (Å²) in [6.07, 6.45) is 0. The number of ketones is 3. The monoisotopic (exact) mass is 581 g/mol. The first-order valence-corrected chi connectivity index (χ1v) is 14.8. The van der Waals surface area contributed by atoms with Gasteiger partial charge in [0, 0.05) is 39.1 Å². The molecule has 0 saturated carbocycles. The minimum absolute atomic E-state index is 0.252. The van der Waals surface area contributed by atoms with Crippen molar-refractivity contribution in [2.75, 3.05) is 5.32 Å². The Hall–Kier alpha value is -6.01. The van der Waals surface area contributed by atoms with Crippen molar-refractivity contribution in [2.45, 2.75) is 5.41 Å². The second-order valence-electron chi connectivity index (χ2n) is 11.6. The molecular formula is C39H23N3O3. The zero-order valence-electron chi connectivity index (χ0n) is 23.8. The van der Waals surface area contributed by atoms with Crippen LogP contribution in [0.3, 0.4) is 0 Å². The van der Waals surface area contributed by atoms with Crippen molar-refractivity contribution in [1.29, 1.82) is 0 Å². The zero-order valence-corrected chi connectivity index (χ0v) is 23.8. The van der Waals surface area contributed by atoms with Crippen LogP contribution in [0.25, 0.3) is 28.0 Å². The molecule has 1 atom stereocenters. The van der Waals surface area contributed by atoms with Crippen LogP contribution in [0.2, 0.25) is 0 Å². The SMILES string of the molecule is O=C1C(C2(C3C(=O)c4ccccc4C3=O)c3ccccc3-c3nc4ccccc4nc32)=C(Nc2ccccc2)c2ccccc21. The van der Waals surface area contributed by atoms with Crippen LogP contribution in [-0.4, -0.2) is 27.3 Å². The van der Waals surface area contributed by atoms with Crippen LogP contribution in [0.1, 0.15) is 47.9 Å². The van der Waals surface area contributed by atoms with Gasteiger partial charge in [0.05, 0.1) is 33.5 Å². The standard InChI is InChI=1S/C39H23N3O3/c43-35-24-15-5-4-14-23(24)33(40-22-12-2-1-3-13-22)31(35)39(32-36(44)25-16-6-7-17-26(25)37(32)45)28-19-9-8-18-27(28)34-38(39)42-30-21-11-10-20-29(30)41-34/h1-21,32,40H. The molecule has 5 aromatic carbocycles. The lowest BCUT2D eigenvalue weighted by Gasteiger charge is -2.36. The third-order valence-electron chi connectivity index (χ3n) is 9.32. The predicted octanol–water partition coefficient (Wildman–Crippen LogP) is 7.31. The number of rotatable bonds is 4. The summed E-state index contributed by atoms with van der Waals surface area (Å²) in [5, 5.41) is 3.54. The van der Waals surface area contributed by atoms with Gasteiger partial charge in [0.25, 0.3) is 0 Å². The minimum atomic E-state index is -1.57. The molecule has 6 aromatic rings. The summed E-state index contributed by atoms with van der Waals surface area (Å²) in [4.78, 5) is 54.5. The number of para-hydroxylation sites is 3. The van der Waals surface area contributed by atoms with Crippen molar-refractivity contribution in [1.82, 2.24) is 9.97 Å². The molecule has 0 fully saturated rings. The summed E-state index contributed by atoms with van der Waals surface area (Å²) in [7, 11) is 0. The van der Waals surface area contributed by atoms with Crippen molar-refractivity contribution in [2.24, 2.45) is 5.92 Å². The molecule has 0 spiro atoms. The van der Waals surface area contributed by atoms with Gasteiger partial charge in [0.2, 0.25) is 0 Å². The van der Waals surface area contributed by atoms with Crippen LogP contribution in [0.15, 0.2) is 133 Å². The van der Waals surface area contributed by atoms with E-state index in [0.29, 0.717) is 61.5 Å². The number of hydrogen-bond donors (Lipinski definition) is 1. The number of fused-ring (bicyclic) bond motifs is 6. The van der Waals surface area contributed by atoms with E-state index < -0.39 is 11.3 Å². The van der Waals surface area contributed by atoms with Crippen molar-refractivity contribution >= 4 is 39.8 Å². The molecule has 212 valence electrons. The van der Waals surface area contributed by atoms with Gasteiger partial charge in [-0.15, -0.1) is 0 Å². The molecule has 45 heavy (non-hydrogen) atoms. The molecule has 9 rings (SSSR count). The quantitative estimate of drug-likeness (QED) is 0.220. The summed E-state index contributed by atoms with van der Waals surface area (Å²) in [5.74, 6) is -2.18. The predicted molar refractivity (Wildman–Crippen MR) is 172 cm³/mol.